The number of benzene rings is 1. The van der Waals surface area contributed by atoms with Crippen LogP contribution in [-0.2, 0) is 13.6 Å². The molecule has 1 aliphatic rings. The molecule has 0 saturated carbocycles. The van der Waals surface area contributed by atoms with E-state index in [9.17, 15) is 0 Å². The molecule has 4 rings (SSSR count). The number of hydrogen-bond donors (Lipinski definition) is 0. The lowest BCUT2D eigenvalue weighted by Gasteiger charge is -2.21. The van der Waals surface area contributed by atoms with Crippen molar-refractivity contribution in [1.29, 1.82) is 0 Å². The highest BCUT2D eigenvalue weighted by atomic mass is 16.5. The van der Waals surface area contributed by atoms with E-state index in [4.69, 9.17) is 4.52 Å². The highest BCUT2D eigenvalue weighted by molar-refractivity contribution is 5.58. The van der Waals surface area contributed by atoms with Crippen LogP contribution in [0.5, 0.6) is 0 Å². The van der Waals surface area contributed by atoms with Crippen LogP contribution in [0.3, 0.4) is 0 Å². The molecule has 1 aliphatic heterocycles. The minimum Gasteiger partial charge on any atom is -0.359 e. The zero-order chi connectivity index (χ0) is 15.6. The van der Waals surface area contributed by atoms with E-state index in [2.05, 4.69) is 33.5 Å². The second-order valence-electron chi connectivity index (χ2n) is 6.12. The number of nitrogens with zero attached hydrogens (tertiary/aromatic N) is 4. The molecule has 0 spiro atoms. The highest BCUT2D eigenvalue weighted by Gasteiger charge is 2.28. The lowest BCUT2D eigenvalue weighted by Crippen LogP contribution is -2.22. The molecule has 118 valence electrons. The minimum absolute atomic E-state index is 0.425. The first-order valence-corrected chi connectivity index (χ1v) is 8.03. The first kappa shape index (κ1) is 14.2. The topological polar surface area (TPSA) is 47.1 Å². The van der Waals surface area contributed by atoms with Gasteiger partial charge < -0.3 is 4.52 Å². The fourth-order valence-corrected chi connectivity index (χ4v) is 3.34. The van der Waals surface area contributed by atoms with Crippen LogP contribution in [0.4, 0.5) is 0 Å². The van der Waals surface area contributed by atoms with E-state index in [0.717, 1.165) is 30.1 Å². The van der Waals surface area contributed by atoms with E-state index >= 15 is 0 Å². The summed E-state index contributed by atoms with van der Waals surface area (Å²) in [5.74, 6) is 0.916. The Labute approximate surface area is 135 Å². The molecule has 1 fully saturated rings. The summed E-state index contributed by atoms with van der Waals surface area (Å²) in [5.41, 5.74) is 3.28. The van der Waals surface area contributed by atoms with Crippen LogP contribution in [0.25, 0.3) is 11.3 Å². The molecular weight excluding hydrogens is 288 g/mol. The molecule has 0 N–H and O–H groups in total. The molecule has 1 atom stereocenters. The zero-order valence-electron chi connectivity index (χ0n) is 13.2. The van der Waals surface area contributed by atoms with Gasteiger partial charge in [0.1, 0.15) is 5.69 Å². The van der Waals surface area contributed by atoms with Crippen LogP contribution in [0.1, 0.15) is 30.2 Å². The summed E-state index contributed by atoms with van der Waals surface area (Å²) in [6.45, 7) is 1.88. The predicted molar refractivity (Wildman–Crippen MR) is 87.5 cm³/mol. The standard InChI is InChI=1S/C18H20N4O/c1-21-12-15(11-19-21)18-8-5-9-22(18)13-16-10-17(20-23-16)14-6-3-2-4-7-14/h2-4,6-7,10-12,18H,5,8-9,13H2,1H3. The maximum Gasteiger partial charge on any atom is 0.151 e. The van der Waals surface area contributed by atoms with Gasteiger partial charge in [0.2, 0.25) is 0 Å². The van der Waals surface area contributed by atoms with Gasteiger partial charge in [-0.25, -0.2) is 0 Å². The Bertz CT molecular complexity index is 777. The minimum atomic E-state index is 0.425. The van der Waals surface area contributed by atoms with Crippen molar-refractivity contribution in [1.82, 2.24) is 19.8 Å². The van der Waals surface area contributed by atoms with Crippen molar-refractivity contribution >= 4 is 0 Å². The third-order valence-electron chi connectivity index (χ3n) is 4.46. The largest absolute Gasteiger partial charge is 0.359 e. The average molecular weight is 308 g/mol. The van der Waals surface area contributed by atoms with Crippen LogP contribution < -0.4 is 0 Å². The fraction of sp³-hybridized carbons (Fsp3) is 0.333. The number of likely N-dealkylation sites (tertiary alicyclic amines) is 1. The summed E-state index contributed by atoms with van der Waals surface area (Å²) in [7, 11) is 1.96. The van der Waals surface area contributed by atoms with Crippen molar-refractivity contribution in [2.45, 2.75) is 25.4 Å². The van der Waals surface area contributed by atoms with Gasteiger partial charge in [-0.3, -0.25) is 9.58 Å². The van der Waals surface area contributed by atoms with Crippen molar-refractivity contribution in [3.8, 4) is 11.3 Å². The Morgan fingerprint density at radius 2 is 2.13 bits per heavy atom. The summed E-state index contributed by atoms with van der Waals surface area (Å²) < 4.78 is 7.43. The second kappa shape index (κ2) is 6.01. The quantitative estimate of drug-likeness (QED) is 0.741. The zero-order valence-corrected chi connectivity index (χ0v) is 13.2. The Kier molecular flexibility index (Phi) is 3.71. The number of rotatable bonds is 4. The first-order valence-electron chi connectivity index (χ1n) is 8.03. The van der Waals surface area contributed by atoms with Gasteiger partial charge in [0.15, 0.2) is 5.76 Å². The maximum atomic E-state index is 5.56. The van der Waals surface area contributed by atoms with Crippen LogP contribution >= 0.6 is 0 Å². The average Bonchev–Trinajstić information content (AvgIpc) is 3.29. The molecule has 2 aromatic heterocycles. The second-order valence-corrected chi connectivity index (χ2v) is 6.12. The van der Waals surface area contributed by atoms with Crippen LogP contribution in [0.2, 0.25) is 0 Å². The Balaban J connectivity index is 1.50. The van der Waals surface area contributed by atoms with Crippen molar-refractivity contribution in [2.24, 2.45) is 7.05 Å². The van der Waals surface area contributed by atoms with Gasteiger partial charge in [-0.1, -0.05) is 35.5 Å². The fourth-order valence-electron chi connectivity index (χ4n) is 3.34. The van der Waals surface area contributed by atoms with E-state index in [1.54, 1.807) is 0 Å². The van der Waals surface area contributed by atoms with Gasteiger partial charge in [-0.05, 0) is 19.4 Å². The number of aromatic nitrogens is 3. The van der Waals surface area contributed by atoms with Crippen molar-refractivity contribution in [3.05, 3.63) is 60.1 Å². The molecule has 0 bridgehead atoms. The van der Waals surface area contributed by atoms with Gasteiger partial charge in [0.05, 0.1) is 12.7 Å². The molecule has 0 radical (unpaired) electrons. The molecule has 5 nitrogen and oxygen atoms in total. The third kappa shape index (κ3) is 2.92. The number of aryl methyl sites for hydroxylation is 1. The van der Waals surface area contributed by atoms with Crippen molar-refractivity contribution in [2.75, 3.05) is 6.54 Å². The summed E-state index contributed by atoms with van der Waals surface area (Å²) in [6, 6.07) is 12.6. The molecule has 0 amide bonds. The smallest absolute Gasteiger partial charge is 0.151 e. The first-order chi connectivity index (χ1) is 11.3. The van der Waals surface area contributed by atoms with Crippen molar-refractivity contribution < 1.29 is 4.52 Å². The molecule has 0 aliphatic carbocycles. The van der Waals surface area contributed by atoms with Crippen LogP contribution in [0.15, 0.2) is 53.3 Å². The van der Waals surface area contributed by atoms with Gasteiger partial charge in [-0.15, -0.1) is 0 Å². The Hall–Kier alpha value is -2.40. The van der Waals surface area contributed by atoms with E-state index < -0.39 is 0 Å². The third-order valence-corrected chi connectivity index (χ3v) is 4.46. The SMILES string of the molecule is Cn1cc(C2CCCN2Cc2cc(-c3ccccc3)no2)cn1. The molecule has 5 heteroatoms. The van der Waals surface area contributed by atoms with Crippen molar-refractivity contribution in [3.63, 3.8) is 0 Å². The van der Waals surface area contributed by atoms with E-state index in [1.165, 1.54) is 18.4 Å². The molecular formula is C18H20N4O. The van der Waals surface area contributed by atoms with Gasteiger partial charge in [-0.2, -0.15) is 5.10 Å². The Morgan fingerprint density at radius 1 is 1.26 bits per heavy atom. The molecule has 3 aromatic rings. The molecule has 1 saturated heterocycles. The number of hydrogen-bond acceptors (Lipinski definition) is 4. The summed E-state index contributed by atoms with van der Waals surface area (Å²) in [4.78, 5) is 2.45. The van der Waals surface area contributed by atoms with Crippen LogP contribution in [-0.4, -0.2) is 26.4 Å². The lowest BCUT2D eigenvalue weighted by atomic mass is 10.1. The highest BCUT2D eigenvalue weighted by Crippen LogP contribution is 2.33. The monoisotopic (exact) mass is 308 g/mol. The Morgan fingerprint density at radius 3 is 2.91 bits per heavy atom. The molecule has 1 unspecified atom stereocenters. The van der Waals surface area contributed by atoms with Gasteiger partial charge in [0.25, 0.3) is 0 Å². The normalized spacial score (nSPS) is 18.6. The lowest BCUT2D eigenvalue weighted by molar-refractivity contribution is 0.217. The summed E-state index contributed by atoms with van der Waals surface area (Å²) in [6.07, 6.45) is 6.46. The van der Waals surface area contributed by atoms with Gasteiger partial charge >= 0.3 is 0 Å². The van der Waals surface area contributed by atoms with E-state index in [0.29, 0.717) is 6.04 Å². The van der Waals surface area contributed by atoms with E-state index in [1.807, 2.05) is 42.2 Å². The molecule has 3 heterocycles. The molecule has 23 heavy (non-hydrogen) atoms. The maximum absolute atomic E-state index is 5.56. The van der Waals surface area contributed by atoms with Crippen LogP contribution in [0, 0.1) is 0 Å². The predicted octanol–water partition coefficient (Wildman–Crippen LogP) is 3.41. The summed E-state index contributed by atoms with van der Waals surface area (Å²) in [5, 5.41) is 8.51. The summed E-state index contributed by atoms with van der Waals surface area (Å²) >= 11 is 0. The van der Waals surface area contributed by atoms with E-state index in [-0.39, 0.29) is 0 Å². The molecule has 1 aromatic carbocycles. The van der Waals surface area contributed by atoms with Gasteiger partial charge in [0, 0.05) is 36.5 Å².